The summed E-state index contributed by atoms with van der Waals surface area (Å²) in [5.74, 6) is 0.852. The van der Waals surface area contributed by atoms with E-state index in [-0.39, 0.29) is 23.0 Å². The summed E-state index contributed by atoms with van der Waals surface area (Å²) in [6.07, 6.45) is 3.05. The molecule has 0 amide bonds. The summed E-state index contributed by atoms with van der Waals surface area (Å²) in [5.41, 5.74) is 4.67. The van der Waals surface area contributed by atoms with Crippen LogP contribution in [0.2, 0.25) is 0 Å². The van der Waals surface area contributed by atoms with Gasteiger partial charge < -0.3 is 20.4 Å². The van der Waals surface area contributed by atoms with Crippen molar-refractivity contribution in [1.82, 2.24) is 0 Å². The van der Waals surface area contributed by atoms with Crippen molar-refractivity contribution >= 4 is 12.6 Å². The van der Waals surface area contributed by atoms with Crippen molar-refractivity contribution in [1.29, 1.82) is 0 Å². The van der Waals surface area contributed by atoms with E-state index in [9.17, 15) is 20.4 Å². The highest BCUT2D eigenvalue weighted by molar-refractivity contribution is 7.80. The third-order valence-electron chi connectivity index (χ3n) is 6.83. The number of hydrogen-bond acceptors (Lipinski definition) is 5. The Morgan fingerprint density at radius 2 is 1.06 bits per heavy atom. The van der Waals surface area contributed by atoms with Crippen LogP contribution in [0, 0.1) is 6.92 Å². The second-order valence-corrected chi connectivity index (χ2v) is 9.60. The normalized spacial score (nSPS) is 11.5. The highest BCUT2D eigenvalue weighted by atomic mass is 32.1. The van der Waals surface area contributed by atoms with Crippen LogP contribution in [0.1, 0.15) is 40.7 Å². The predicted molar refractivity (Wildman–Crippen MR) is 142 cm³/mol. The van der Waals surface area contributed by atoms with Gasteiger partial charge in [-0.25, -0.2) is 0 Å². The maximum Gasteiger partial charge on any atom is 0.128 e. The van der Waals surface area contributed by atoms with Gasteiger partial charge in [-0.3, -0.25) is 0 Å². The molecule has 0 heterocycles. The third kappa shape index (κ3) is 5.57. The van der Waals surface area contributed by atoms with Gasteiger partial charge in [-0.2, -0.15) is 0 Å². The van der Waals surface area contributed by atoms with Gasteiger partial charge in [-0.1, -0.05) is 42.5 Å². The van der Waals surface area contributed by atoms with Gasteiger partial charge in [0.05, 0.1) is 0 Å². The number of rotatable bonds is 8. The quantitative estimate of drug-likeness (QED) is 0.180. The van der Waals surface area contributed by atoms with Crippen molar-refractivity contribution in [3.8, 4) is 23.0 Å². The number of benzene rings is 4. The number of thiol groups is 1. The minimum Gasteiger partial charge on any atom is -0.508 e. The van der Waals surface area contributed by atoms with Gasteiger partial charge >= 0.3 is 0 Å². The first-order chi connectivity index (χ1) is 16.8. The molecule has 0 fully saturated rings. The highest BCUT2D eigenvalue weighted by Gasteiger charge is 2.34. The summed E-state index contributed by atoms with van der Waals surface area (Å²) < 4.78 is 0. The van der Waals surface area contributed by atoms with Crippen LogP contribution >= 0.6 is 12.6 Å². The molecule has 0 aliphatic carbocycles. The van der Waals surface area contributed by atoms with Crippen LogP contribution in [0.5, 0.6) is 23.0 Å². The Hall–Kier alpha value is -3.57. The molecule has 4 rings (SSSR count). The first-order valence-corrected chi connectivity index (χ1v) is 12.1. The lowest BCUT2D eigenvalue weighted by atomic mass is 9.67. The maximum atomic E-state index is 10.2. The zero-order valence-electron chi connectivity index (χ0n) is 19.6. The minimum absolute atomic E-state index is 0.130. The Balaban J connectivity index is 1.82. The molecular formula is C30H30O4S. The minimum atomic E-state index is -0.445. The number of aryl methyl sites for hydroxylation is 3. The van der Waals surface area contributed by atoms with E-state index in [1.54, 1.807) is 36.4 Å². The zero-order valence-corrected chi connectivity index (χ0v) is 20.5. The Morgan fingerprint density at radius 1 is 0.600 bits per heavy atom. The van der Waals surface area contributed by atoms with Crippen molar-refractivity contribution in [2.75, 3.05) is 0 Å². The second-order valence-electron chi connectivity index (χ2n) is 9.12. The van der Waals surface area contributed by atoms with E-state index in [1.165, 1.54) is 0 Å². The molecule has 35 heavy (non-hydrogen) atoms. The third-order valence-corrected chi connectivity index (χ3v) is 7.19. The van der Waals surface area contributed by atoms with Crippen molar-refractivity contribution < 1.29 is 20.4 Å². The van der Waals surface area contributed by atoms with E-state index in [0.717, 1.165) is 53.5 Å². The predicted octanol–water partition coefficient (Wildman–Crippen LogP) is 6.66. The fourth-order valence-corrected chi connectivity index (χ4v) is 4.90. The molecule has 0 unspecified atom stereocenters. The maximum absolute atomic E-state index is 10.2. The van der Waals surface area contributed by atoms with Crippen LogP contribution in [-0.2, 0) is 18.3 Å². The van der Waals surface area contributed by atoms with E-state index in [2.05, 4.69) is 12.6 Å². The summed E-state index contributed by atoms with van der Waals surface area (Å²) in [6, 6.07) is 25.8. The SMILES string of the molecule is Cc1cc(C(CCc2ccc(O)cc2)(CCc2ccc(O)cc2)c2ccc(O)c(S)c2)ccc1O. The molecule has 0 aliphatic heterocycles. The largest absolute Gasteiger partial charge is 0.508 e. The fourth-order valence-electron chi connectivity index (χ4n) is 4.68. The summed E-state index contributed by atoms with van der Waals surface area (Å²) in [6.45, 7) is 1.89. The molecule has 4 N–H and O–H groups in total. The van der Waals surface area contributed by atoms with E-state index in [4.69, 9.17) is 0 Å². The molecule has 5 heteroatoms. The molecular weight excluding hydrogens is 456 g/mol. The van der Waals surface area contributed by atoms with E-state index >= 15 is 0 Å². The van der Waals surface area contributed by atoms with Gasteiger partial charge in [0.1, 0.15) is 23.0 Å². The van der Waals surface area contributed by atoms with Crippen molar-refractivity contribution in [2.45, 2.75) is 42.9 Å². The Kier molecular flexibility index (Phi) is 7.27. The topological polar surface area (TPSA) is 80.9 Å². The number of phenolic OH excluding ortho intramolecular Hbond substituents is 4. The molecule has 0 spiro atoms. The standard InChI is InChI=1S/C30H30O4S/c1-20-18-23(6-12-27(20)33)30(24-7-13-28(34)29(35)19-24,16-14-21-2-8-25(31)9-3-21)17-15-22-4-10-26(32)11-5-22/h2-13,18-19,31-35H,14-17H2,1H3. The van der Waals surface area contributed by atoms with Gasteiger partial charge in [-0.05, 0) is 103 Å². The fraction of sp³-hybridized carbons (Fsp3) is 0.200. The summed E-state index contributed by atoms with van der Waals surface area (Å²) in [4.78, 5) is 0.511. The summed E-state index contributed by atoms with van der Waals surface area (Å²) in [5, 5.41) is 39.8. The molecule has 180 valence electrons. The van der Waals surface area contributed by atoms with E-state index in [0.29, 0.717) is 4.90 Å². The van der Waals surface area contributed by atoms with Crippen LogP contribution in [0.25, 0.3) is 0 Å². The van der Waals surface area contributed by atoms with E-state index in [1.807, 2.05) is 55.5 Å². The Morgan fingerprint density at radius 3 is 1.51 bits per heavy atom. The van der Waals surface area contributed by atoms with E-state index < -0.39 is 5.41 Å². The van der Waals surface area contributed by atoms with Gasteiger partial charge in [0.2, 0.25) is 0 Å². The van der Waals surface area contributed by atoms with Crippen LogP contribution in [-0.4, -0.2) is 20.4 Å². The number of hydrogen-bond donors (Lipinski definition) is 5. The Bertz CT molecular complexity index is 1190. The van der Waals surface area contributed by atoms with Crippen LogP contribution < -0.4 is 0 Å². The molecule has 0 saturated carbocycles. The van der Waals surface area contributed by atoms with Crippen LogP contribution in [0.4, 0.5) is 0 Å². The van der Waals surface area contributed by atoms with Gasteiger partial charge in [0, 0.05) is 10.3 Å². The molecule has 4 aromatic carbocycles. The number of phenols is 4. The molecule has 0 radical (unpaired) electrons. The molecule has 0 aliphatic rings. The van der Waals surface area contributed by atoms with Crippen molar-refractivity contribution in [3.63, 3.8) is 0 Å². The molecule has 0 saturated heterocycles. The molecule has 0 bridgehead atoms. The number of aromatic hydroxyl groups is 4. The monoisotopic (exact) mass is 486 g/mol. The van der Waals surface area contributed by atoms with Gasteiger partial charge in [-0.15, -0.1) is 12.6 Å². The van der Waals surface area contributed by atoms with Crippen LogP contribution in [0.15, 0.2) is 89.8 Å². The average Bonchev–Trinajstić information content (AvgIpc) is 2.85. The molecule has 4 aromatic rings. The smallest absolute Gasteiger partial charge is 0.128 e. The lowest BCUT2D eigenvalue weighted by Gasteiger charge is -2.36. The molecule has 4 nitrogen and oxygen atoms in total. The van der Waals surface area contributed by atoms with Crippen LogP contribution in [0.3, 0.4) is 0 Å². The lowest BCUT2D eigenvalue weighted by molar-refractivity contribution is 0.427. The zero-order chi connectivity index (χ0) is 25.0. The lowest BCUT2D eigenvalue weighted by Crippen LogP contribution is -2.30. The van der Waals surface area contributed by atoms with Crippen molar-refractivity contribution in [3.05, 3.63) is 113 Å². The average molecular weight is 487 g/mol. The van der Waals surface area contributed by atoms with Crippen molar-refractivity contribution in [2.24, 2.45) is 0 Å². The first-order valence-electron chi connectivity index (χ1n) is 11.7. The van der Waals surface area contributed by atoms with Gasteiger partial charge in [0.25, 0.3) is 0 Å². The molecule has 0 atom stereocenters. The first kappa shape index (κ1) is 24.6. The Labute approximate surface area is 211 Å². The highest BCUT2D eigenvalue weighted by Crippen LogP contribution is 2.44. The van der Waals surface area contributed by atoms with Gasteiger partial charge in [0.15, 0.2) is 0 Å². The molecule has 0 aromatic heterocycles. The summed E-state index contributed by atoms with van der Waals surface area (Å²) >= 11 is 4.50. The second kappa shape index (κ2) is 10.4. The summed E-state index contributed by atoms with van der Waals surface area (Å²) in [7, 11) is 0.